The Labute approximate surface area is 188 Å². The van der Waals surface area contributed by atoms with Crippen LogP contribution in [0.5, 0.6) is 0 Å². The van der Waals surface area contributed by atoms with E-state index in [0.29, 0.717) is 43.0 Å². The minimum atomic E-state index is -0.547. The zero-order chi connectivity index (χ0) is 23.1. The number of fused-ring (bicyclic) bond motifs is 1. The smallest absolute Gasteiger partial charge is 0.337 e. The second-order valence-electron chi connectivity index (χ2n) is 8.18. The van der Waals surface area contributed by atoms with Crippen LogP contribution < -0.4 is 0 Å². The molecule has 0 N–H and O–H groups in total. The van der Waals surface area contributed by atoms with Crippen molar-refractivity contribution in [2.24, 2.45) is 10.9 Å². The molecule has 0 saturated carbocycles. The highest BCUT2D eigenvalue weighted by atomic mass is 19.1. The van der Waals surface area contributed by atoms with Gasteiger partial charge in [-0.2, -0.15) is 4.99 Å². The number of halogens is 1. The predicted octanol–water partition coefficient (Wildman–Crippen LogP) is 2.46. The number of aliphatic imine (C=N–C) groups is 1. The molecule has 9 nitrogen and oxygen atoms in total. The Morgan fingerprint density at radius 3 is 2.55 bits per heavy atom. The Bertz CT molecular complexity index is 1220. The van der Waals surface area contributed by atoms with Crippen LogP contribution >= 0.6 is 0 Å². The number of aromatic nitrogens is 3. The zero-order valence-corrected chi connectivity index (χ0v) is 17.9. The van der Waals surface area contributed by atoms with Crippen LogP contribution in [-0.4, -0.2) is 67.5 Å². The number of urea groups is 1. The Morgan fingerprint density at radius 2 is 1.82 bits per heavy atom. The Kier molecular flexibility index (Phi) is 5.20. The van der Waals surface area contributed by atoms with Crippen LogP contribution in [0.15, 0.2) is 53.6 Å². The molecule has 1 aromatic heterocycles. The average Bonchev–Trinajstić information content (AvgIpc) is 3.21. The summed E-state index contributed by atoms with van der Waals surface area (Å²) in [7, 11) is 0. The summed E-state index contributed by atoms with van der Waals surface area (Å²) >= 11 is 0. The second kappa shape index (κ2) is 8.19. The van der Waals surface area contributed by atoms with Gasteiger partial charge in [-0.05, 0) is 50.1 Å². The fourth-order valence-corrected chi connectivity index (χ4v) is 4.42. The van der Waals surface area contributed by atoms with Crippen LogP contribution in [-0.2, 0) is 4.79 Å². The first-order valence-electron chi connectivity index (χ1n) is 10.7. The molecule has 4 amide bonds. The summed E-state index contributed by atoms with van der Waals surface area (Å²) in [6, 6.07) is 4.91. The molecular weight excluding hydrogens is 427 g/mol. The number of benzene rings is 1. The molecule has 0 bridgehead atoms. The maximum absolute atomic E-state index is 13.2. The third kappa shape index (κ3) is 3.67. The number of piperidine rings is 1. The van der Waals surface area contributed by atoms with E-state index in [1.807, 2.05) is 0 Å². The van der Waals surface area contributed by atoms with Crippen molar-refractivity contribution in [2.75, 3.05) is 13.1 Å². The van der Waals surface area contributed by atoms with Crippen LogP contribution in [0.4, 0.5) is 9.18 Å². The van der Waals surface area contributed by atoms with Crippen molar-refractivity contribution in [3.05, 3.63) is 65.8 Å². The van der Waals surface area contributed by atoms with E-state index in [1.165, 1.54) is 21.7 Å². The summed E-state index contributed by atoms with van der Waals surface area (Å²) < 4.78 is 14.7. The van der Waals surface area contributed by atoms with E-state index in [1.54, 1.807) is 48.3 Å². The molecular formula is C23H21FN6O3. The number of nitrogens with zero attached hydrogens (tertiary/aromatic N) is 6. The summed E-state index contributed by atoms with van der Waals surface area (Å²) in [6.45, 7) is 2.48. The Balaban J connectivity index is 1.28. The van der Waals surface area contributed by atoms with E-state index < -0.39 is 11.9 Å². The third-order valence-corrected chi connectivity index (χ3v) is 6.22. The van der Waals surface area contributed by atoms with Crippen LogP contribution in [0.25, 0.3) is 5.69 Å². The lowest BCUT2D eigenvalue weighted by Gasteiger charge is -2.39. The number of rotatable bonds is 3. The van der Waals surface area contributed by atoms with Crippen LogP contribution in [0.1, 0.15) is 29.0 Å². The molecule has 1 unspecified atom stereocenters. The van der Waals surface area contributed by atoms with Gasteiger partial charge in [-0.15, -0.1) is 5.10 Å². The number of hydrogen-bond donors (Lipinski definition) is 0. The molecule has 1 saturated heterocycles. The number of carbonyl (C=O) groups is 3. The van der Waals surface area contributed by atoms with Gasteiger partial charge in [-0.3, -0.25) is 14.5 Å². The second-order valence-corrected chi connectivity index (χ2v) is 8.18. The minimum Gasteiger partial charge on any atom is -0.337 e. The molecule has 5 rings (SSSR count). The van der Waals surface area contributed by atoms with Crippen LogP contribution in [0.2, 0.25) is 0 Å². The van der Waals surface area contributed by atoms with E-state index in [2.05, 4.69) is 15.3 Å². The Morgan fingerprint density at radius 1 is 1.09 bits per heavy atom. The number of likely N-dealkylation sites (tertiary alicyclic amines) is 1. The summed E-state index contributed by atoms with van der Waals surface area (Å²) in [6.07, 6.45) is 7.88. The number of hydrogen-bond acceptors (Lipinski definition) is 5. The molecule has 168 valence electrons. The number of carbonyl (C=O) groups excluding carboxylic acids is 3. The summed E-state index contributed by atoms with van der Waals surface area (Å²) in [5.74, 6) is -1.43. The highest BCUT2D eigenvalue weighted by molar-refractivity contribution is 6.21. The fourth-order valence-electron chi connectivity index (χ4n) is 4.42. The van der Waals surface area contributed by atoms with Crippen LogP contribution in [0, 0.1) is 18.7 Å². The van der Waals surface area contributed by atoms with Gasteiger partial charge in [0, 0.05) is 19.1 Å². The molecule has 0 radical (unpaired) electrons. The molecule has 33 heavy (non-hydrogen) atoms. The predicted molar refractivity (Wildman–Crippen MR) is 116 cm³/mol. The number of amides is 4. The van der Waals surface area contributed by atoms with Crippen molar-refractivity contribution in [3.8, 4) is 5.69 Å². The average molecular weight is 448 g/mol. The number of allylic oxidation sites excluding steroid dienone is 3. The first kappa shape index (κ1) is 20.9. The topological polar surface area (TPSA) is 101 Å². The van der Waals surface area contributed by atoms with E-state index in [9.17, 15) is 18.8 Å². The van der Waals surface area contributed by atoms with Crippen molar-refractivity contribution in [3.63, 3.8) is 0 Å². The molecule has 1 atom stereocenters. The normalized spacial score (nSPS) is 20.8. The Hall–Kier alpha value is -3.95. The van der Waals surface area contributed by atoms with Gasteiger partial charge in [0.25, 0.3) is 5.91 Å². The van der Waals surface area contributed by atoms with Crippen molar-refractivity contribution in [1.29, 1.82) is 0 Å². The van der Waals surface area contributed by atoms with Gasteiger partial charge in [-0.25, -0.2) is 13.9 Å². The highest BCUT2D eigenvalue weighted by Gasteiger charge is 2.41. The van der Waals surface area contributed by atoms with Gasteiger partial charge < -0.3 is 4.90 Å². The molecule has 10 heteroatoms. The molecule has 0 spiro atoms. The summed E-state index contributed by atoms with van der Waals surface area (Å²) in [5, 5.41) is 8.10. The van der Waals surface area contributed by atoms with Crippen LogP contribution in [0.3, 0.4) is 0 Å². The first-order chi connectivity index (χ1) is 15.9. The van der Waals surface area contributed by atoms with Gasteiger partial charge >= 0.3 is 6.03 Å². The van der Waals surface area contributed by atoms with E-state index in [0.717, 1.165) is 0 Å². The lowest BCUT2D eigenvalue weighted by Crippen LogP contribution is -2.54. The fraction of sp³-hybridized carbons (Fsp3) is 0.304. The van der Waals surface area contributed by atoms with E-state index in [4.69, 9.17) is 0 Å². The maximum Gasteiger partial charge on any atom is 0.350 e. The van der Waals surface area contributed by atoms with Gasteiger partial charge in [0.1, 0.15) is 5.82 Å². The molecule has 1 aliphatic carbocycles. The van der Waals surface area contributed by atoms with Gasteiger partial charge in [0.15, 0.2) is 5.69 Å². The molecule has 1 aromatic carbocycles. The van der Waals surface area contributed by atoms with Crippen molar-refractivity contribution in [1.82, 2.24) is 24.8 Å². The maximum atomic E-state index is 13.2. The lowest BCUT2D eigenvalue weighted by atomic mass is 9.93. The SMILES string of the molecule is Cc1c(C(=O)N2CCC(N3C(=O)N=C4C=CC=CC4C3=O)CC2)nnn1-c1ccc(F)cc1. The largest absolute Gasteiger partial charge is 0.350 e. The lowest BCUT2D eigenvalue weighted by molar-refractivity contribution is -0.131. The number of imide groups is 1. The summed E-state index contributed by atoms with van der Waals surface area (Å²) in [5.41, 5.74) is 1.84. The monoisotopic (exact) mass is 448 g/mol. The molecule has 1 fully saturated rings. The summed E-state index contributed by atoms with van der Waals surface area (Å²) in [4.78, 5) is 45.5. The van der Waals surface area contributed by atoms with Gasteiger partial charge in [-0.1, -0.05) is 23.4 Å². The van der Waals surface area contributed by atoms with Crippen molar-refractivity contribution >= 4 is 23.6 Å². The zero-order valence-electron chi connectivity index (χ0n) is 17.9. The van der Waals surface area contributed by atoms with E-state index in [-0.39, 0.29) is 29.4 Å². The third-order valence-electron chi connectivity index (χ3n) is 6.22. The van der Waals surface area contributed by atoms with E-state index >= 15 is 0 Å². The first-order valence-corrected chi connectivity index (χ1v) is 10.7. The quantitative estimate of drug-likeness (QED) is 0.718. The van der Waals surface area contributed by atoms with Crippen molar-refractivity contribution < 1.29 is 18.8 Å². The standard InChI is InChI=1S/C23H21FN6O3/c1-14-20(26-27-30(14)17-8-6-15(24)7-9-17)22(32)28-12-10-16(11-13-28)29-21(31)18-4-2-3-5-19(18)25-23(29)33/h2-9,16,18H,10-13H2,1H3. The molecule has 2 aromatic rings. The molecule has 2 aliphatic heterocycles. The van der Waals surface area contributed by atoms with Gasteiger partial charge in [0.05, 0.1) is 23.0 Å². The molecule has 3 aliphatic rings. The minimum absolute atomic E-state index is 0.219. The molecule has 3 heterocycles. The van der Waals surface area contributed by atoms with Crippen molar-refractivity contribution in [2.45, 2.75) is 25.8 Å². The van der Waals surface area contributed by atoms with Gasteiger partial charge in [0.2, 0.25) is 5.91 Å². The highest BCUT2D eigenvalue weighted by Crippen LogP contribution is 2.26.